The molecule has 4 heteroatoms. The Balaban J connectivity index is 1.52. The Morgan fingerprint density at radius 2 is 1.91 bits per heavy atom. The molecule has 1 saturated carbocycles. The van der Waals surface area contributed by atoms with E-state index in [1.807, 2.05) is 25.7 Å². The third kappa shape index (κ3) is 3.67. The van der Waals surface area contributed by atoms with Crippen LogP contribution < -0.4 is 0 Å². The molecular weight excluding hydrogens is 288 g/mol. The maximum atomic E-state index is 12.1. The van der Waals surface area contributed by atoms with Gasteiger partial charge in [-0.3, -0.25) is 4.98 Å². The van der Waals surface area contributed by atoms with Crippen LogP contribution in [0, 0.1) is 12.3 Å². The number of likely N-dealkylation sites (tertiary alicyclic amines) is 1. The molecule has 1 spiro atoms. The van der Waals surface area contributed by atoms with Gasteiger partial charge in [-0.05, 0) is 70.9 Å². The maximum absolute atomic E-state index is 12.1. The molecule has 2 aliphatic rings. The quantitative estimate of drug-likeness (QED) is 0.776. The molecule has 2 fully saturated rings. The van der Waals surface area contributed by atoms with Gasteiger partial charge in [-0.15, -0.1) is 0 Å². The molecule has 0 bridgehead atoms. The summed E-state index contributed by atoms with van der Waals surface area (Å²) in [6.45, 7) is 9.45. The van der Waals surface area contributed by atoms with Gasteiger partial charge < -0.3 is 9.64 Å². The topological polar surface area (TPSA) is 42.4 Å². The zero-order valence-corrected chi connectivity index (χ0v) is 14.8. The number of aromatic nitrogens is 1. The lowest BCUT2D eigenvalue weighted by atomic mass is 9.57. The summed E-state index contributed by atoms with van der Waals surface area (Å²) < 4.78 is 5.48. The average Bonchev–Trinajstić information content (AvgIpc) is 2.43. The van der Waals surface area contributed by atoms with E-state index in [2.05, 4.69) is 30.1 Å². The van der Waals surface area contributed by atoms with Crippen LogP contribution in [0.2, 0.25) is 0 Å². The summed E-state index contributed by atoms with van der Waals surface area (Å²) in [5.74, 6) is 0.600. The van der Waals surface area contributed by atoms with Gasteiger partial charge >= 0.3 is 6.09 Å². The summed E-state index contributed by atoms with van der Waals surface area (Å²) in [5.41, 5.74) is 2.35. The summed E-state index contributed by atoms with van der Waals surface area (Å²) in [6, 6.07) is 6.31. The summed E-state index contributed by atoms with van der Waals surface area (Å²) >= 11 is 0. The van der Waals surface area contributed by atoms with Gasteiger partial charge in [-0.2, -0.15) is 0 Å². The number of nitrogens with zero attached hydrogens (tertiary/aromatic N) is 2. The summed E-state index contributed by atoms with van der Waals surface area (Å²) in [4.78, 5) is 18.7. The minimum atomic E-state index is -0.412. The van der Waals surface area contributed by atoms with E-state index in [0.717, 1.165) is 31.6 Å². The van der Waals surface area contributed by atoms with Crippen LogP contribution in [-0.2, 0) is 4.74 Å². The Labute approximate surface area is 139 Å². The van der Waals surface area contributed by atoms with Crippen LogP contribution in [0.5, 0.6) is 0 Å². The summed E-state index contributed by atoms with van der Waals surface area (Å²) in [5, 5.41) is 0. The van der Waals surface area contributed by atoms with Crippen LogP contribution in [-0.4, -0.2) is 34.7 Å². The largest absolute Gasteiger partial charge is 0.444 e. The number of pyridine rings is 1. The second kappa shape index (κ2) is 5.81. The highest BCUT2D eigenvalue weighted by Crippen LogP contribution is 2.56. The smallest absolute Gasteiger partial charge is 0.410 e. The molecule has 126 valence electrons. The van der Waals surface area contributed by atoms with Crippen LogP contribution in [0.3, 0.4) is 0 Å². The van der Waals surface area contributed by atoms with Crippen molar-refractivity contribution in [1.82, 2.24) is 9.88 Å². The van der Waals surface area contributed by atoms with Gasteiger partial charge in [0.1, 0.15) is 5.60 Å². The first-order valence-electron chi connectivity index (χ1n) is 8.68. The Morgan fingerprint density at radius 3 is 2.48 bits per heavy atom. The second-order valence-corrected chi connectivity index (χ2v) is 8.28. The number of hydrogen-bond donors (Lipinski definition) is 0. The molecule has 0 aromatic carbocycles. The molecule has 0 radical (unpaired) electrons. The molecule has 1 aliphatic carbocycles. The maximum Gasteiger partial charge on any atom is 0.410 e. The summed E-state index contributed by atoms with van der Waals surface area (Å²) in [7, 11) is 0. The fourth-order valence-electron chi connectivity index (χ4n) is 3.88. The molecule has 1 aromatic rings. The predicted octanol–water partition coefficient (Wildman–Crippen LogP) is 4.28. The molecule has 0 atom stereocenters. The molecule has 0 unspecified atom stereocenters. The molecule has 1 aliphatic heterocycles. The standard InChI is InChI=1S/C19H28N2O2/c1-14-6-5-7-16(20-14)15-12-19(13-15)8-10-21(11-9-19)17(22)23-18(2,3)4/h5-7,15H,8-13H2,1-4H3. The van der Waals surface area contributed by atoms with Crippen molar-refractivity contribution < 1.29 is 9.53 Å². The first-order valence-corrected chi connectivity index (χ1v) is 8.68. The van der Waals surface area contributed by atoms with Crippen LogP contribution in [0.1, 0.15) is 63.8 Å². The van der Waals surface area contributed by atoms with Gasteiger partial charge in [0.2, 0.25) is 0 Å². The molecule has 2 heterocycles. The van der Waals surface area contributed by atoms with E-state index in [4.69, 9.17) is 4.74 Å². The van der Waals surface area contributed by atoms with Crippen molar-refractivity contribution in [2.75, 3.05) is 13.1 Å². The van der Waals surface area contributed by atoms with Gasteiger partial charge in [0.25, 0.3) is 0 Å². The van der Waals surface area contributed by atoms with E-state index >= 15 is 0 Å². The van der Waals surface area contributed by atoms with Crippen molar-refractivity contribution >= 4 is 6.09 Å². The monoisotopic (exact) mass is 316 g/mol. The van der Waals surface area contributed by atoms with Gasteiger partial charge in [0.05, 0.1) is 0 Å². The third-order valence-corrected chi connectivity index (χ3v) is 5.16. The minimum Gasteiger partial charge on any atom is -0.444 e. The van der Waals surface area contributed by atoms with E-state index in [1.54, 1.807) is 0 Å². The zero-order valence-electron chi connectivity index (χ0n) is 14.8. The van der Waals surface area contributed by atoms with Gasteiger partial charge in [0.15, 0.2) is 0 Å². The zero-order chi connectivity index (χ0) is 16.7. The molecule has 3 rings (SSSR count). The highest BCUT2D eigenvalue weighted by molar-refractivity contribution is 5.68. The van der Waals surface area contributed by atoms with E-state index in [9.17, 15) is 4.79 Å². The van der Waals surface area contributed by atoms with Crippen LogP contribution >= 0.6 is 0 Å². The van der Waals surface area contributed by atoms with Crippen molar-refractivity contribution in [2.24, 2.45) is 5.41 Å². The van der Waals surface area contributed by atoms with Crippen molar-refractivity contribution in [3.05, 3.63) is 29.6 Å². The number of aryl methyl sites for hydroxylation is 1. The first-order chi connectivity index (χ1) is 10.8. The lowest BCUT2D eigenvalue weighted by molar-refractivity contribution is -0.0126. The fourth-order valence-corrected chi connectivity index (χ4v) is 3.88. The number of rotatable bonds is 1. The number of ether oxygens (including phenoxy) is 1. The van der Waals surface area contributed by atoms with Crippen molar-refractivity contribution in [1.29, 1.82) is 0 Å². The van der Waals surface area contributed by atoms with Crippen molar-refractivity contribution in [3.63, 3.8) is 0 Å². The van der Waals surface area contributed by atoms with Crippen molar-refractivity contribution in [2.45, 2.75) is 64.9 Å². The SMILES string of the molecule is Cc1cccc(C2CC3(CCN(C(=O)OC(C)(C)C)CC3)C2)n1. The summed E-state index contributed by atoms with van der Waals surface area (Å²) in [6.07, 6.45) is 4.45. The Hall–Kier alpha value is -1.58. The van der Waals surface area contributed by atoms with E-state index in [0.29, 0.717) is 11.3 Å². The average molecular weight is 316 g/mol. The number of hydrogen-bond acceptors (Lipinski definition) is 3. The predicted molar refractivity (Wildman–Crippen MR) is 90.4 cm³/mol. The van der Waals surface area contributed by atoms with Gasteiger partial charge in [-0.25, -0.2) is 4.79 Å². The third-order valence-electron chi connectivity index (χ3n) is 5.16. The molecular formula is C19H28N2O2. The van der Waals surface area contributed by atoms with Crippen LogP contribution in [0.25, 0.3) is 0 Å². The minimum absolute atomic E-state index is 0.163. The van der Waals surface area contributed by atoms with E-state index in [1.165, 1.54) is 18.5 Å². The van der Waals surface area contributed by atoms with Gasteiger partial charge in [0, 0.05) is 30.4 Å². The highest BCUT2D eigenvalue weighted by atomic mass is 16.6. The Morgan fingerprint density at radius 1 is 1.26 bits per heavy atom. The van der Waals surface area contributed by atoms with Crippen molar-refractivity contribution in [3.8, 4) is 0 Å². The van der Waals surface area contributed by atoms with E-state index in [-0.39, 0.29) is 6.09 Å². The van der Waals surface area contributed by atoms with Crippen LogP contribution in [0.4, 0.5) is 4.79 Å². The molecule has 1 aromatic heterocycles. The lowest BCUT2D eigenvalue weighted by Gasteiger charge is -2.52. The molecule has 23 heavy (non-hydrogen) atoms. The Bertz CT molecular complexity index is 575. The molecule has 4 nitrogen and oxygen atoms in total. The highest BCUT2D eigenvalue weighted by Gasteiger charge is 2.47. The molecule has 0 N–H and O–H groups in total. The molecule has 1 saturated heterocycles. The van der Waals surface area contributed by atoms with E-state index < -0.39 is 5.60 Å². The number of carbonyl (C=O) groups is 1. The lowest BCUT2D eigenvalue weighted by Crippen LogP contribution is -2.49. The second-order valence-electron chi connectivity index (χ2n) is 8.28. The number of amides is 1. The number of piperidine rings is 1. The Kier molecular flexibility index (Phi) is 4.11. The fraction of sp³-hybridized carbons (Fsp3) is 0.684. The first kappa shape index (κ1) is 16.3. The van der Waals surface area contributed by atoms with Crippen LogP contribution in [0.15, 0.2) is 18.2 Å². The van der Waals surface area contributed by atoms with Gasteiger partial charge in [-0.1, -0.05) is 6.07 Å². The number of carbonyl (C=O) groups excluding carboxylic acids is 1. The normalized spacial score (nSPS) is 21.1. The molecule has 1 amide bonds.